The Hall–Kier alpha value is -1.26. The summed E-state index contributed by atoms with van der Waals surface area (Å²) in [6.07, 6.45) is 0.808. The standard InChI is InChI=1S/C17H17BrO2S/c1-3-12-11-15(9-10-16(12)17(19)20-4-2)21-14-7-5-13(18)6-8-14/h5-11H,3-4H2,1-2H3. The number of rotatable bonds is 5. The molecule has 4 heteroatoms. The first kappa shape index (κ1) is 16.1. The lowest BCUT2D eigenvalue weighted by molar-refractivity contribution is 0.0525. The molecule has 2 rings (SSSR count). The van der Waals surface area contributed by atoms with Crippen LogP contribution < -0.4 is 0 Å². The predicted octanol–water partition coefficient (Wildman–Crippen LogP) is 5.34. The summed E-state index contributed by atoms with van der Waals surface area (Å²) in [5, 5.41) is 0. The molecule has 0 aliphatic rings. The molecule has 2 aromatic rings. The van der Waals surface area contributed by atoms with Crippen LogP contribution in [0.4, 0.5) is 0 Å². The second-order valence-corrected chi connectivity index (χ2v) is 6.51. The van der Waals surface area contributed by atoms with E-state index in [0.29, 0.717) is 12.2 Å². The van der Waals surface area contributed by atoms with E-state index in [-0.39, 0.29) is 5.97 Å². The summed E-state index contributed by atoms with van der Waals surface area (Å²) in [6.45, 7) is 4.27. The summed E-state index contributed by atoms with van der Waals surface area (Å²) >= 11 is 5.12. The largest absolute Gasteiger partial charge is 0.462 e. The molecule has 2 aromatic carbocycles. The molecule has 0 aliphatic carbocycles. The number of carbonyl (C=O) groups is 1. The third-order valence-corrected chi connectivity index (χ3v) is 4.53. The molecule has 0 unspecified atom stereocenters. The monoisotopic (exact) mass is 364 g/mol. The van der Waals surface area contributed by atoms with Gasteiger partial charge in [-0.2, -0.15) is 0 Å². The molecule has 0 atom stereocenters. The maximum atomic E-state index is 11.9. The molecule has 21 heavy (non-hydrogen) atoms. The highest BCUT2D eigenvalue weighted by molar-refractivity contribution is 9.10. The number of halogens is 1. The number of aryl methyl sites for hydroxylation is 1. The quantitative estimate of drug-likeness (QED) is 0.669. The zero-order chi connectivity index (χ0) is 15.2. The van der Waals surface area contributed by atoms with Crippen molar-refractivity contribution in [3.05, 3.63) is 58.1 Å². The van der Waals surface area contributed by atoms with Crippen molar-refractivity contribution in [1.82, 2.24) is 0 Å². The molecular weight excluding hydrogens is 348 g/mol. The summed E-state index contributed by atoms with van der Waals surface area (Å²) in [4.78, 5) is 14.2. The zero-order valence-corrected chi connectivity index (χ0v) is 14.5. The minimum Gasteiger partial charge on any atom is -0.462 e. The van der Waals surface area contributed by atoms with Gasteiger partial charge in [0.15, 0.2) is 0 Å². The molecule has 0 fully saturated rings. The predicted molar refractivity (Wildman–Crippen MR) is 90.0 cm³/mol. The minimum absolute atomic E-state index is 0.241. The molecule has 0 amide bonds. The van der Waals surface area contributed by atoms with Crippen LogP contribution in [0.3, 0.4) is 0 Å². The Morgan fingerprint density at radius 1 is 1.10 bits per heavy atom. The number of esters is 1. The van der Waals surface area contributed by atoms with Crippen molar-refractivity contribution in [2.45, 2.75) is 30.1 Å². The molecule has 110 valence electrons. The number of ether oxygens (including phenoxy) is 1. The SMILES string of the molecule is CCOC(=O)c1ccc(Sc2ccc(Br)cc2)cc1CC. The fourth-order valence-electron chi connectivity index (χ4n) is 1.97. The molecule has 0 heterocycles. The molecule has 0 bridgehead atoms. The molecule has 0 radical (unpaired) electrons. The van der Waals surface area contributed by atoms with Gasteiger partial charge in [-0.15, -0.1) is 0 Å². The normalized spacial score (nSPS) is 10.4. The second kappa shape index (κ2) is 7.66. The van der Waals surface area contributed by atoms with Crippen molar-refractivity contribution in [3.8, 4) is 0 Å². The number of benzene rings is 2. The van der Waals surface area contributed by atoms with Crippen LogP contribution in [0.2, 0.25) is 0 Å². The number of hydrogen-bond acceptors (Lipinski definition) is 3. The van der Waals surface area contributed by atoms with E-state index in [9.17, 15) is 4.79 Å². The van der Waals surface area contributed by atoms with Gasteiger partial charge in [0.2, 0.25) is 0 Å². The van der Waals surface area contributed by atoms with Gasteiger partial charge in [0.1, 0.15) is 0 Å². The van der Waals surface area contributed by atoms with Crippen LogP contribution in [0.1, 0.15) is 29.8 Å². The van der Waals surface area contributed by atoms with Gasteiger partial charge in [0.05, 0.1) is 12.2 Å². The van der Waals surface area contributed by atoms with Gasteiger partial charge < -0.3 is 4.74 Å². The van der Waals surface area contributed by atoms with Crippen LogP contribution in [0.5, 0.6) is 0 Å². The molecule has 0 spiro atoms. The van der Waals surface area contributed by atoms with Gasteiger partial charge >= 0.3 is 5.97 Å². The first-order valence-corrected chi connectivity index (χ1v) is 8.48. The van der Waals surface area contributed by atoms with Crippen LogP contribution in [0.15, 0.2) is 56.7 Å². The van der Waals surface area contributed by atoms with E-state index in [1.54, 1.807) is 11.8 Å². The van der Waals surface area contributed by atoms with Crippen molar-refractivity contribution < 1.29 is 9.53 Å². The van der Waals surface area contributed by atoms with Crippen LogP contribution in [0, 0.1) is 0 Å². The van der Waals surface area contributed by atoms with E-state index < -0.39 is 0 Å². The third-order valence-electron chi connectivity index (χ3n) is 3.00. The average molecular weight is 365 g/mol. The Morgan fingerprint density at radius 2 is 1.76 bits per heavy atom. The summed E-state index contributed by atoms with van der Waals surface area (Å²) in [6, 6.07) is 14.1. The number of carbonyl (C=O) groups excluding carboxylic acids is 1. The Balaban J connectivity index is 2.22. The Bertz CT molecular complexity index is 623. The topological polar surface area (TPSA) is 26.3 Å². The molecule has 0 aliphatic heterocycles. The molecular formula is C17H17BrO2S. The molecule has 0 saturated carbocycles. The highest BCUT2D eigenvalue weighted by Gasteiger charge is 2.12. The first-order chi connectivity index (χ1) is 10.1. The van der Waals surface area contributed by atoms with Crippen LogP contribution in [-0.2, 0) is 11.2 Å². The van der Waals surface area contributed by atoms with Gasteiger partial charge in [-0.3, -0.25) is 0 Å². The van der Waals surface area contributed by atoms with Crippen molar-refractivity contribution >= 4 is 33.7 Å². The highest BCUT2D eigenvalue weighted by Crippen LogP contribution is 2.30. The molecule has 0 saturated heterocycles. The maximum Gasteiger partial charge on any atom is 0.338 e. The van der Waals surface area contributed by atoms with Crippen molar-refractivity contribution in [2.24, 2.45) is 0 Å². The van der Waals surface area contributed by atoms with E-state index >= 15 is 0 Å². The summed E-state index contributed by atoms with van der Waals surface area (Å²) in [7, 11) is 0. The van der Waals surface area contributed by atoms with E-state index in [1.165, 1.54) is 4.90 Å². The highest BCUT2D eigenvalue weighted by atomic mass is 79.9. The van der Waals surface area contributed by atoms with Crippen molar-refractivity contribution in [3.63, 3.8) is 0 Å². The summed E-state index contributed by atoms with van der Waals surface area (Å²) in [5.41, 5.74) is 1.69. The van der Waals surface area contributed by atoms with Gasteiger partial charge in [0.25, 0.3) is 0 Å². The fraction of sp³-hybridized carbons (Fsp3) is 0.235. The fourth-order valence-corrected chi connectivity index (χ4v) is 3.12. The smallest absolute Gasteiger partial charge is 0.338 e. The average Bonchev–Trinajstić information content (AvgIpc) is 2.49. The summed E-state index contributed by atoms with van der Waals surface area (Å²) < 4.78 is 6.16. The first-order valence-electron chi connectivity index (χ1n) is 6.87. The van der Waals surface area contributed by atoms with E-state index in [0.717, 1.165) is 21.4 Å². The third kappa shape index (κ3) is 4.35. The summed E-state index contributed by atoms with van der Waals surface area (Å²) in [5.74, 6) is -0.241. The number of hydrogen-bond donors (Lipinski definition) is 0. The lowest BCUT2D eigenvalue weighted by Crippen LogP contribution is -2.07. The molecule has 0 aromatic heterocycles. The Morgan fingerprint density at radius 3 is 2.38 bits per heavy atom. The van der Waals surface area contributed by atoms with Crippen LogP contribution in [0.25, 0.3) is 0 Å². The zero-order valence-electron chi connectivity index (χ0n) is 12.1. The van der Waals surface area contributed by atoms with Gasteiger partial charge in [-0.25, -0.2) is 4.79 Å². The Labute approximate surface area is 138 Å². The van der Waals surface area contributed by atoms with Crippen LogP contribution in [-0.4, -0.2) is 12.6 Å². The minimum atomic E-state index is -0.241. The van der Waals surface area contributed by atoms with Gasteiger partial charge in [-0.1, -0.05) is 34.6 Å². The van der Waals surface area contributed by atoms with E-state index in [4.69, 9.17) is 4.74 Å². The van der Waals surface area contributed by atoms with E-state index in [2.05, 4.69) is 34.1 Å². The second-order valence-electron chi connectivity index (χ2n) is 4.45. The molecule has 0 N–H and O–H groups in total. The van der Waals surface area contributed by atoms with Gasteiger partial charge in [0, 0.05) is 14.3 Å². The van der Waals surface area contributed by atoms with Gasteiger partial charge in [-0.05, 0) is 61.4 Å². The van der Waals surface area contributed by atoms with Crippen molar-refractivity contribution in [1.29, 1.82) is 0 Å². The lowest BCUT2D eigenvalue weighted by Gasteiger charge is -2.09. The van der Waals surface area contributed by atoms with E-state index in [1.807, 2.05) is 38.1 Å². The molecule has 2 nitrogen and oxygen atoms in total. The Kier molecular flexibility index (Phi) is 5.88. The lowest BCUT2D eigenvalue weighted by atomic mass is 10.1. The maximum absolute atomic E-state index is 11.9. The van der Waals surface area contributed by atoms with Crippen LogP contribution >= 0.6 is 27.7 Å². The van der Waals surface area contributed by atoms with Crippen molar-refractivity contribution in [2.75, 3.05) is 6.61 Å².